The molecular weight excluding hydrogens is 352 g/mol. The Hall–Kier alpha value is -2.16. The fourth-order valence-electron chi connectivity index (χ4n) is 2.39. The predicted molar refractivity (Wildman–Crippen MR) is 107 cm³/mol. The van der Waals surface area contributed by atoms with Crippen molar-refractivity contribution in [1.82, 2.24) is 15.6 Å². The molecule has 1 aromatic rings. The highest BCUT2D eigenvalue weighted by Gasteiger charge is 2.09. The maximum absolute atomic E-state index is 5.52. The molecule has 2 rings (SSSR count). The Morgan fingerprint density at radius 3 is 2.92 bits per heavy atom. The van der Waals surface area contributed by atoms with Crippen molar-refractivity contribution < 1.29 is 14.2 Å². The van der Waals surface area contributed by atoms with Crippen LogP contribution >= 0.6 is 12.2 Å². The third-order valence-corrected chi connectivity index (χ3v) is 3.98. The summed E-state index contributed by atoms with van der Waals surface area (Å²) in [7, 11) is 1.60. The van der Waals surface area contributed by atoms with E-state index in [1.54, 1.807) is 19.4 Å². The molecule has 1 heterocycles. The van der Waals surface area contributed by atoms with E-state index in [-0.39, 0.29) is 0 Å². The molecule has 8 heteroatoms. The minimum Gasteiger partial charge on any atom is -0.493 e. The molecule has 26 heavy (non-hydrogen) atoms. The molecule has 0 amide bonds. The summed E-state index contributed by atoms with van der Waals surface area (Å²) in [5.74, 6) is 1.31. The molecule has 0 aromatic heterocycles. The Morgan fingerprint density at radius 1 is 1.38 bits per heavy atom. The van der Waals surface area contributed by atoms with Gasteiger partial charge in [-0.15, -0.1) is 0 Å². The van der Waals surface area contributed by atoms with Gasteiger partial charge in [0.05, 0.1) is 26.5 Å². The van der Waals surface area contributed by atoms with Crippen molar-refractivity contribution in [1.29, 1.82) is 0 Å². The number of rotatable bonds is 9. The lowest BCUT2D eigenvalue weighted by Crippen LogP contribution is -2.42. The average molecular weight is 378 g/mol. The Kier molecular flexibility index (Phi) is 8.88. The molecule has 142 valence electrons. The first kappa shape index (κ1) is 20.2. The fraction of sp³-hybridized carbons (Fsp3) is 0.444. The van der Waals surface area contributed by atoms with Gasteiger partial charge in [0.2, 0.25) is 0 Å². The van der Waals surface area contributed by atoms with Gasteiger partial charge in [-0.2, -0.15) is 5.10 Å². The van der Waals surface area contributed by atoms with Gasteiger partial charge in [-0.3, -0.25) is 10.3 Å². The number of hydrogen-bond donors (Lipinski definition) is 2. The third kappa shape index (κ3) is 6.99. The lowest BCUT2D eigenvalue weighted by Gasteiger charge is -2.26. The number of methoxy groups -OCH3 is 1. The van der Waals surface area contributed by atoms with E-state index < -0.39 is 0 Å². The minimum atomic E-state index is 0.426. The van der Waals surface area contributed by atoms with Crippen LogP contribution < -0.4 is 20.2 Å². The molecule has 1 aromatic carbocycles. The molecule has 0 bridgehead atoms. The summed E-state index contributed by atoms with van der Waals surface area (Å²) in [6.07, 6.45) is 3.36. The van der Waals surface area contributed by atoms with Crippen molar-refractivity contribution in [2.24, 2.45) is 5.10 Å². The summed E-state index contributed by atoms with van der Waals surface area (Å²) in [6, 6.07) is 5.57. The second-order valence-corrected chi connectivity index (χ2v) is 6.00. The van der Waals surface area contributed by atoms with Gasteiger partial charge in [0.25, 0.3) is 0 Å². The molecule has 0 radical (unpaired) electrons. The van der Waals surface area contributed by atoms with Gasteiger partial charge < -0.3 is 19.5 Å². The molecule has 0 saturated carbocycles. The Morgan fingerprint density at radius 2 is 2.19 bits per heavy atom. The van der Waals surface area contributed by atoms with Crippen molar-refractivity contribution in [3.8, 4) is 11.5 Å². The Bertz CT molecular complexity index is 618. The van der Waals surface area contributed by atoms with E-state index in [2.05, 4.69) is 27.3 Å². The third-order valence-electron chi connectivity index (χ3n) is 3.74. The number of hydrazone groups is 1. The number of benzene rings is 1. The van der Waals surface area contributed by atoms with Crippen molar-refractivity contribution >= 4 is 23.5 Å². The van der Waals surface area contributed by atoms with Crippen LogP contribution in [-0.4, -0.2) is 69.3 Å². The van der Waals surface area contributed by atoms with Crippen LogP contribution in [0.3, 0.4) is 0 Å². The van der Waals surface area contributed by atoms with Crippen molar-refractivity contribution in [3.05, 3.63) is 36.4 Å². The van der Waals surface area contributed by atoms with E-state index in [1.165, 1.54) is 0 Å². The Balaban J connectivity index is 1.74. The predicted octanol–water partition coefficient (Wildman–Crippen LogP) is 1.39. The van der Waals surface area contributed by atoms with E-state index in [9.17, 15) is 0 Å². The maximum Gasteiger partial charge on any atom is 0.187 e. The van der Waals surface area contributed by atoms with Gasteiger partial charge in [0.15, 0.2) is 16.6 Å². The highest BCUT2D eigenvalue weighted by molar-refractivity contribution is 7.80. The van der Waals surface area contributed by atoms with Crippen molar-refractivity contribution in [2.75, 3.05) is 53.1 Å². The average Bonchev–Trinajstić information content (AvgIpc) is 2.67. The van der Waals surface area contributed by atoms with Crippen LogP contribution in [0.5, 0.6) is 11.5 Å². The highest BCUT2D eigenvalue weighted by Crippen LogP contribution is 2.27. The fourth-order valence-corrected chi connectivity index (χ4v) is 2.54. The topological polar surface area (TPSA) is 67.4 Å². The molecule has 1 saturated heterocycles. The molecular formula is C18H26N4O3S. The molecule has 1 fully saturated rings. The number of thiocarbonyl (C=S) groups is 1. The molecule has 0 aliphatic carbocycles. The minimum absolute atomic E-state index is 0.426. The number of nitrogens with zero attached hydrogens (tertiary/aromatic N) is 2. The lowest BCUT2D eigenvalue weighted by atomic mass is 10.2. The molecule has 1 aliphatic rings. The molecule has 7 nitrogen and oxygen atoms in total. The van der Waals surface area contributed by atoms with Crippen LogP contribution in [0.2, 0.25) is 0 Å². The zero-order valence-corrected chi connectivity index (χ0v) is 15.9. The van der Waals surface area contributed by atoms with Crippen molar-refractivity contribution in [3.63, 3.8) is 0 Å². The normalized spacial score (nSPS) is 14.8. The zero-order valence-electron chi connectivity index (χ0n) is 15.1. The number of ether oxygens (including phenoxy) is 3. The second-order valence-electron chi connectivity index (χ2n) is 5.59. The summed E-state index contributed by atoms with van der Waals surface area (Å²) >= 11 is 5.22. The summed E-state index contributed by atoms with van der Waals surface area (Å²) in [5.41, 5.74) is 3.69. The first-order chi connectivity index (χ1) is 12.7. The van der Waals surface area contributed by atoms with E-state index in [0.717, 1.165) is 45.0 Å². The standard InChI is InChI=1S/C18H26N4O3S/c1-3-10-25-16-5-4-15(13-17(16)23-2)14-20-21-18(26)19-6-7-22-8-11-24-12-9-22/h3-5,13-14H,1,6-12H2,2H3,(H2,19,21,26)/b20-14-. The van der Waals surface area contributed by atoms with Crippen LogP contribution in [0.4, 0.5) is 0 Å². The zero-order chi connectivity index (χ0) is 18.6. The van der Waals surface area contributed by atoms with Crippen LogP contribution in [-0.2, 0) is 4.74 Å². The van der Waals surface area contributed by atoms with E-state index in [1.807, 2.05) is 18.2 Å². The molecule has 1 aliphatic heterocycles. The summed E-state index contributed by atoms with van der Waals surface area (Å²) in [6.45, 7) is 9.29. The highest BCUT2D eigenvalue weighted by atomic mass is 32.1. The first-order valence-corrected chi connectivity index (χ1v) is 8.92. The summed E-state index contributed by atoms with van der Waals surface area (Å²) < 4.78 is 16.2. The van der Waals surface area contributed by atoms with Gasteiger partial charge in [-0.25, -0.2) is 0 Å². The van der Waals surface area contributed by atoms with Gasteiger partial charge in [0.1, 0.15) is 6.61 Å². The molecule has 0 atom stereocenters. The van der Waals surface area contributed by atoms with Crippen LogP contribution in [0.1, 0.15) is 5.56 Å². The van der Waals surface area contributed by atoms with Crippen LogP contribution in [0.15, 0.2) is 36.0 Å². The summed E-state index contributed by atoms with van der Waals surface area (Å²) in [5, 5.41) is 7.78. The van der Waals surface area contributed by atoms with E-state index in [4.69, 9.17) is 26.4 Å². The monoisotopic (exact) mass is 378 g/mol. The Labute approximate surface area is 160 Å². The van der Waals surface area contributed by atoms with Gasteiger partial charge in [-0.05, 0) is 36.0 Å². The number of hydrogen-bond acceptors (Lipinski definition) is 6. The van der Waals surface area contributed by atoms with Crippen LogP contribution in [0, 0.1) is 0 Å². The second kappa shape index (κ2) is 11.5. The largest absolute Gasteiger partial charge is 0.493 e. The summed E-state index contributed by atoms with van der Waals surface area (Å²) in [4.78, 5) is 2.34. The smallest absolute Gasteiger partial charge is 0.187 e. The van der Waals surface area contributed by atoms with E-state index in [0.29, 0.717) is 23.2 Å². The maximum atomic E-state index is 5.52. The van der Waals surface area contributed by atoms with Gasteiger partial charge in [-0.1, -0.05) is 12.7 Å². The van der Waals surface area contributed by atoms with E-state index >= 15 is 0 Å². The lowest BCUT2D eigenvalue weighted by molar-refractivity contribution is 0.0389. The first-order valence-electron chi connectivity index (χ1n) is 8.51. The SMILES string of the molecule is C=CCOc1ccc(/C=N\NC(=S)NCCN2CCOCC2)cc1OC. The number of nitrogens with one attached hydrogen (secondary N) is 2. The van der Waals surface area contributed by atoms with Gasteiger partial charge in [0, 0.05) is 26.2 Å². The molecule has 2 N–H and O–H groups in total. The molecule has 0 spiro atoms. The van der Waals surface area contributed by atoms with Gasteiger partial charge >= 0.3 is 0 Å². The quantitative estimate of drug-likeness (QED) is 0.291. The van der Waals surface area contributed by atoms with Crippen molar-refractivity contribution in [2.45, 2.75) is 0 Å². The molecule has 0 unspecified atom stereocenters. The van der Waals surface area contributed by atoms with Crippen LogP contribution in [0.25, 0.3) is 0 Å². The number of morpholine rings is 1.